The van der Waals surface area contributed by atoms with Crippen LogP contribution in [0.2, 0.25) is 10.0 Å². The van der Waals surface area contributed by atoms with E-state index >= 15 is 0 Å². The molecule has 9 nitrogen and oxygen atoms in total. The Hall–Kier alpha value is -3.73. The minimum absolute atomic E-state index is 0.169. The predicted octanol–water partition coefficient (Wildman–Crippen LogP) is 7.24. The fourth-order valence-electron chi connectivity index (χ4n) is 5.06. The Balaban J connectivity index is 1.57. The Kier molecular flexibility index (Phi) is 8.15. The van der Waals surface area contributed by atoms with Crippen molar-refractivity contribution >= 4 is 64.4 Å². The SMILES string of the molecule is C=C1C=NN(c2cc(Cl)c(C(C)(C)c3nc(-c4ccccc4)c(C(C)(C)C(=O)OC4C(=O)OCC4(C)C)s3)c(Cl)c2)C(=O)N1. The molecule has 0 saturated carbocycles. The first-order valence-electron chi connectivity index (χ1n) is 13.8. The number of ether oxygens (including phenoxy) is 2. The van der Waals surface area contributed by atoms with Crippen molar-refractivity contribution < 1.29 is 23.9 Å². The lowest BCUT2D eigenvalue weighted by molar-refractivity contribution is -0.166. The van der Waals surface area contributed by atoms with Crippen molar-refractivity contribution in [3.05, 3.63) is 80.2 Å². The average Bonchev–Trinajstić information content (AvgIpc) is 3.51. The van der Waals surface area contributed by atoms with Gasteiger partial charge in [0.15, 0.2) is 0 Å². The molecular formula is C32H32Cl2N4O5S. The number of hydrogen-bond acceptors (Lipinski definition) is 8. The molecule has 3 aromatic rings. The molecule has 0 radical (unpaired) electrons. The number of rotatable bonds is 7. The molecule has 2 aliphatic heterocycles. The van der Waals surface area contributed by atoms with E-state index in [0.717, 1.165) is 10.6 Å². The van der Waals surface area contributed by atoms with E-state index in [1.165, 1.54) is 17.6 Å². The second-order valence-electron chi connectivity index (χ2n) is 12.5. The Morgan fingerprint density at radius 1 is 1.14 bits per heavy atom. The summed E-state index contributed by atoms with van der Waals surface area (Å²) in [5, 5.41) is 9.14. The van der Waals surface area contributed by atoms with Gasteiger partial charge in [0.1, 0.15) is 11.6 Å². The van der Waals surface area contributed by atoms with Crippen molar-refractivity contribution in [1.29, 1.82) is 0 Å². The summed E-state index contributed by atoms with van der Waals surface area (Å²) in [5.41, 5.74) is 0.0834. The van der Waals surface area contributed by atoms with Gasteiger partial charge in [-0.05, 0) is 39.8 Å². The lowest BCUT2D eigenvalue weighted by Crippen LogP contribution is -2.40. The highest BCUT2D eigenvalue weighted by Crippen LogP contribution is 2.48. The number of carbonyl (C=O) groups excluding carboxylic acids is 3. The van der Waals surface area contributed by atoms with Gasteiger partial charge in [0.05, 0.1) is 28.7 Å². The molecule has 1 aromatic heterocycles. The number of carbonyl (C=O) groups is 3. The fraction of sp³-hybridized carbons (Fsp3) is 0.344. The summed E-state index contributed by atoms with van der Waals surface area (Å²) in [5.74, 6) is -1.12. The number of hydrogen-bond donors (Lipinski definition) is 1. The molecule has 1 N–H and O–H groups in total. The zero-order valence-corrected chi connectivity index (χ0v) is 27.5. The largest absolute Gasteiger partial charge is 0.462 e. The number of cyclic esters (lactones) is 1. The summed E-state index contributed by atoms with van der Waals surface area (Å²) in [6, 6.07) is 12.3. The van der Waals surface area contributed by atoms with Crippen LogP contribution >= 0.6 is 34.5 Å². The molecule has 3 heterocycles. The molecule has 1 unspecified atom stereocenters. The van der Waals surface area contributed by atoms with Gasteiger partial charge < -0.3 is 14.8 Å². The van der Waals surface area contributed by atoms with Crippen LogP contribution in [0.3, 0.4) is 0 Å². The van der Waals surface area contributed by atoms with E-state index in [9.17, 15) is 14.4 Å². The van der Waals surface area contributed by atoms with Crippen LogP contribution in [0.25, 0.3) is 11.3 Å². The van der Waals surface area contributed by atoms with Crippen LogP contribution in [-0.2, 0) is 29.9 Å². The molecule has 1 atom stereocenters. The summed E-state index contributed by atoms with van der Waals surface area (Å²) >= 11 is 15.0. The van der Waals surface area contributed by atoms with Gasteiger partial charge in [-0.2, -0.15) is 10.1 Å². The highest BCUT2D eigenvalue weighted by Gasteiger charge is 2.49. The summed E-state index contributed by atoms with van der Waals surface area (Å²) in [7, 11) is 0. The van der Waals surface area contributed by atoms with E-state index in [0.29, 0.717) is 42.6 Å². The van der Waals surface area contributed by atoms with Gasteiger partial charge >= 0.3 is 18.0 Å². The van der Waals surface area contributed by atoms with E-state index in [-0.39, 0.29) is 6.61 Å². The first-order valence-corrected chi connectivity index (χ1v) is 15.4. The van der Waals surface area contributed by atoms with Crippen LogP contribution in [0.4, 0.5) is 10.5 Å². The number of thiazole rings is 1. The second kappa shape index (κ2) is 11.3. The van der Waals surface area contributed by atoms with Crippen molar-refractivity contribution in [2.75, 3.05) is 11.6 Å². The van der Waals surface area contributed by atoms with E-state index in [1.54, 1.807) is 26.0 Å². The summed E-state index contributed by atoms with van der Waals surface area (Å²) in [6.07, 6.45) is 0.408. The number of nitrogens with one attached hydrogen (secondary N) is 1. The van der Waals surface area contributed by atoms with Crippen molar-refractivity contribution in [3.63, 3.8) is 0 Å². The van der Waals surface area contributed by atoms with E-state index in [1.807, 2.05) is 58.0 Å². The van der Waals surface area contributed by atoms with E-state index in [4.69, 9.17) is 37.7 Å². The normalized spacial score (nSPS) is 18.3. The average molecular weight is 656 g/mol. The van der Waals surface area contributed by atoms with E-state index < -0.39 is 40.3 Å². The lowest BCUT2D eigenvalue weighted by atomic mass is 9.84. The fourth-order valence-corrected chi connectivity index (χ4v) is 7.29. The van der Waals surface area contributed by atoms with Gasteiger partial charge in [-0.1, -0.05) is 74.0 Å². The van der Waals surface area contributed by atoms with Gasteiger partial charge in [-0.15, -0.1) is 11.3 Å². The maximum atomic E-state index is 13.8. The summed E-state index contributed by atoms with van der Waals surface area (Å²) < 4.78 is 11.0. The van der Waals surface area contributed by atoms with Crippen LogP contribution in [0.15, 0.2) is 59.8 Å². The van der Waals surface area contributed by atoms with Crippen LogP contribution in [0.5, 0.6) is 0 Å². The van der Waals surface area contributed by atoms with Crippen LogP contribution in [0.1, 0.15) is 57.0 Å². The molecule has 0 bridgehead atoms. The third kappa shape index (κ3) is 5.62. The van der Waals surface area contributed by atoms with Gasteiger partial charge in [0.25, 0.3) is 0 Å². The summed E-state index contributed by atoms with van der Waals surface area (Å²) in [4.78, 5) is 44.4. The smallest absolute Gasteiger partial charge is 0.348 e. The van der Waals surface area contributed by atoms with Crippen molar-refractivity contribution in [2.45, 2.75) is 58.5 Å². The molecule has 230 valence electrons. The van der Waals surface area contributed by atoms with Gasteiger partial charge in [-0.25, -0.2) is 14.6 Å². The maximum Gasteiger partial charge on any atom is 0.348 e. The number of benzene rings is 2. The Bertz CT molecular complexity index is 1690. The number of nitrogens with zero attached hydrogens (tertiary/aromatic N) is 3. The van der Waals surface area contributed by atoms with Crippen molar-refractivity contribution in [1.82, 2.24) is 10.3 Å². The Morgan fingerprint density at radius 3 is 2.34 bits per heavy atom. The molecule has 2 amide bonds. The van der Waals surface area contributed by atoms with Gasteiger partial charge in [0, 0.05) is 36.9 Å². The molecule has 2 aromatic carbocycles. The molecule has 0 spiro atoms. The van der Waals surface area contributed by atoms with E-state index in [2.05, 4.69) is 17.0 Å². The molecule has 44 heavy (non-hydrogen) atoms. The first-order chi connectivity index (χ1) is 20.5. The standard InChI is InChI=1S/C32H32Cl2N4O5S/c1-17-15-35-38(29(41)36-17)19-13-20(33)22(21(34)14-19)31(4,5)27-37-23(18-11-9-8-10-12-18)25(44-27)32(6,7)28(40)43-24-26(39)42-16-30(24,2)3/h8-15,24H,1,16H2,2-7H3,(H,36,41). The van der Waals surface area contributed by atoms with Crippen LogP contribution in [-0.4, -0.2) is 41.9 Å². The highest BCUT2D eigenvalue weighted by molar-refractivity contribution is 7.12. The number of esters is 2. The molecule has 12 heteroatoms. The maximum absolute atomic E-state index is 13.8. The third-order valence-corrected chi connectivity index (χ3v) is 10.0. The third-order valence-electron chi connectivity index (χ3n) is 7.71. The molecule has 1 fully saturated rings. The van der Waals surface area contributed by atoms with Gasteiger partial charge in [-0.3, -0.25) is 4.79 Å². The number of urea groups is 1. The number of amides is 2. The lowest BCUT2D eigenvalue weighted by Gasteiger charge is -2.28. The topological polar surface area (TPSA) is 110 Å². The number of anilines is 1. The minimum Gasteiger partial charge on any atom is -0.462 e. The van der Waals surface area contributed by atoms with Gasteiger partial charge in [0.2, 0.25) is 6.10 Å². The molecule has 1 saturated heterocycles. The quantitative estimate of drug-likeness (QED) is 0.269. The minimum atomic E-state index is -1.18. The van der Waals surface area contributed by atoms with Crippen molar-refractivity contribution in [2.24, 2.45) is 10.5 Å². The van der Waals surface area contributed by atoms with Crippen LogP contribution in [0, 0.1) is 5.41 Å². The number of allylic oxidation sites excluding steroid dienone is 1. The zero-order chi connectivity index (χ0) is 32.2. The Morgan fingerprint density at radius 2 is 1.77 bits per heavy atom. The highest BCUT2D eigenvalue weighted by atomic mass is 35.5. The molecule has 5 rings (SSSR count). The number of halogens is 2. The number of hydrazone groups is 1. The zero-order valence-electron chi connectivity index (χ0n) is 25.2. The summed E-state index contributed by atoms with van der Waals surface area (Å²) in [6.45, 7) is 14.9. The predicted molar refractivity (Wildman–Crippen MR) is 172 cm³/mol. The second-order valence-corrected chi connectivity index (χ2v) is 14.3. The monoisotopic (exact) mass is 654 g/mol. The molecule has 0 aliphatic carbocycles. The van der Waals surface area contributed by atoms with Crippen LogP contribution < -0.4 is 10.3 Å². The number of aromatic nitrogens is 1. The first kappa shape index (κ1) is 31.7. The Labute approximate surface area is 269 Å². The molecule has 2 aliphatic rings. The van der Waals surface area contributed by atoms with Crippen molar-refractivity contribution in [3.8, 4) is 11.3 Å². The molecular weight excluding hydrogens is 623 g/mol.